The first-order valence-corrected chi connectivity index (χ1v) is 7.54. The Labute approximate surface area is 129 Å². The van der Waals surface area contributed by atoms with E-state index in [9.17, 15) is 0 Å². The minimum absolute atomic E-state index is 0.518. The van der Waals surface area contributed by atoms with Gasteiger partial charge in [0.05, 0.1) is 16.6 Å². The van der Waals surface area contributed by atoms with Gasteiger partial charge in [-0.05, 0) is 25.8 Å². The maximum atomic E-state index is 6.03. The topological polar surface area (TPSA) is 61.3 Å². The molecule has 7 heteroatoms. The molecule has 0 atom stereocenters. The molecule has 1 aromatic rings. The van der Waals surface area contributed by atoms with Crippen LogP contribution in [0.5, 0.6) is 0 Å². The molecule has 0 aliphatic heterocycles. The molecule has 0 unspecified atom stereocenters. The molecule has 0 bridgehead atoms. The number of rotatable bonds is 6. The lowest BCUT2D eigenvalue weighted by Crippen LogP contribution is -2.38. The first-order chi connectivity index (χ1) is 9.69. The lowest BCUT2D eigenvalue weighted by Gasteiger charge is -2.10. The maximum Gasteiger partial charge on any atom is 0.191 e. The molecule has 1 aliphatic rings. The molecule has 5 nitrogen and oxygen atoms in total. The standard InChI is InChI=1S/C13H19Cl2N5/c1-2-16-13(20-10-3-4-10)18-6-5-17-12-11(15)7-9(14)8-19-12/h7-8,10H,2-6H2,1H3,(H,17,19)(H2,16,18,20). The largest absolute Gasteiger partial charge is 0.367 e. The summed E-state index contributed by atoms with van der Waals surface area (Å²) in [7, 11) is 0. The Morgan fingerprint density at radius 1 is 1.45 bits per heavy atom. The third kappa shape index (κ3) is 5.06. The van der Waals surface area contributed by atoms with Gasteiger partial charge in [-0.25, -0.2) is 4.98 Å². The van der Waals surface area contributed by atoms with Crippen molar-refractivity contribution in [3.63, 3.8) is 0 Å². The molecule has 3 N–H and O–H groups in total. The van der Waals surface area contributed by atoms with Crippen molar-refractivity contribution in [2.75, 3.05) is 25.0 Å². The maximum absolute atomic E-state index is 6.03. The van der Waals surface area contributed by atoms with E-state index in [0.717, 1.165) is 12.5 Å². The van der Waals surface area contributed by atoms with Crippen molar-refractivity contribution in [1.29, 1.82) is 0 Å². The van der Waals surface area contributed by atoms with Crippen LogP contribution in [0.15, 0.2) is 17.3 Å². The van der Waals surface area contributed by atoms with E-state index in [1.807, 2.05) is 0 Å². The van der Waals surface area contributed by atoms with Gasteiger partial charge in [-0.15, -0.1) is 0 Å². The van der Waals surface area contributed by atoms with E-state index >= 15 is 0 Å². The third-order valence-electron chi connectivity index (χ3n) is 2.74. The fourth-order valence-electron chi connectivity index (χ4n) is 1.63. The SMILES string of the molecule is CCNC(=NCCNc1ncc(Cl)cc1Cl)NC1CC1. The van der Waals surface area contributed by atoms with Crippen molar-refractivity contribution < 1.29 is 0 Å². The van der Waals surface area contributed by atoms with Crippen molar-refractivity contribution in [3.8, 4) is 0 Å². The van der Waals surface area contributed by atoms with Crippen LogP contribution in [0.3, 0.4) is 0 Å². The van der Waals surface area contributed by atoms with Gasteiger partial charge in [0.25, 0.3) is 0 Å². The van der Waals surface area contributed by atoms with E-state index in [2.05, 4.69) is 32.9 Å². The molecular weight excluding hydrogens is 297 g/mol. The van der Waals surface area contributed by atoms with Crippen LogP contribution < -0.4 is 16.0 Å². The molecule has 1 heterocycles. The summed E-state index contributed by atoms with van der Waals surface area (Å²) < 4.78 is 0. The van der Waals surface area contributed by atoms with E-state index in [4.69, 9.17) is 23.2 Å². The van der Waals surface area contributed by atoms with Gasteiger partial charge in [0.1, 0.15) is 5.82 Å². The van der Waals surface area contributed by atoms with E-state index in [-0.39, 0.29) is 0 Å². The van der Waals surface area contributed by atoms with Crippen molar-refractivity contribution in [2.45, 2.75) is 25.8 Å². The highest BCUT2D eigenvalue weighted by atomic mass is 35.5. The van der Waals surface area contributed by atoms with E-state index in [1.54, 1.807) is 12.3 Å². The second-order valence-electron chi connectivity index (χ2n) is 4.59. The van der Waals surface area contributed by atoms with Gasteiger partial charge in [-0.3, -0.25) is 4.99 Å². The summed E-state index contributed by atoms with van der Waals surface area (Å²) in [5, 5.41) is 10.8. The number of nitrogens with one attached hydrogen (secondary N) is 3. The minimum Gasteiger partial charge on any atom is -0.367 e. The molecular formula is C13H19Cl2N5. The molecule has 0 aromatic carbocycles. The van der Waals surface area contributed by atoms with Crippen molar-refractivity contribution >= 4 is 35.0 Å². The number of nitrogens with zero attached hydrogens (tertiary/aromatic N) is 2. The Balaban J connectivity index is 1.78. The van der Waals surface area contributed by atoms with Crippen molar-refractivity contribution in [3.05, 3.63) is 22.3 Å². The zero-order chi connectivity index (χ0) is 14.4. The minimum atomic E-state index is 0.518. The van der Waals surface area contributed by atoms with Crippen LogP contribution in [0.1, 0.15) is 19.8 Å². The summed E-state index contributed by atoms with van der Waals surface area (Å²) in [4.78, 5) is 8.63. The molecule has 1 aromatic heterocycles. The number of aromatic nitrogens is 1. The molecule has 20 heavy (non-hydrogen) atoms. The highest BCUT2D eigenvalue weighted by Crippen LogP contribution is 2.22. The molecule has 0 spiro atoms. The number of pyridine rings is 1. The van der Waals surface area contributed by atoms with Crippen LogP contribution in [0.4, 0.5) is 5.82 Å². The Kier molecular flexibility index (Phi) is 5.73. The van der Waals surface area contributed by atoms with Gasteiger partial charge in [0, 0.05) is 25.3 Å². The van der Waals surface area contributed by atoms with Gasteiger partial charge in [-0.2, -0.15) is 0 Å². The van der Waals surface area contributed by atoms with Gasteiger partial charge < -0.3 is 16.0 Å². The monoisotopic (exact) mass is 315 g/mol. The Hall–Kier alpha value is -1.20. The molecule has 0 saturated heterocycles. The van der Waals surface area contributed by atoms with Gasteiger partial charge in [-0.1, -0.05) is 23.2 Å². The number of guanidine groups is 1. The fourth-order valence-corrected chi connectivity index (χ4v) is 2.07. The summed E-state index contributed by atoms with van der Waals surface area (Å²) in [5.74, 6) is 1.50. The lowest BCUT2D eigenvalue weighted by molar-refractivity contribution is 0.813. The second kappa shape index (κ2) is 7.55. The number of anilines is 1. The molecule has 1 aliphatic carbocycles. The van der Waals surface area contributed by atoms with Crippen LogP contribution in [0.2, 0.25) is 10.0 Å². The van der Waals surface area contributed by atoms with Crippen LogP contribution in [0.25, 0.3) is 0 Å². The van der Waals surface area contributed by atoms with Gasteiger partial charge >= 0.3 is 0 Å². The first-order valence-electron chi connectivity index (χ1n) is 6.79. The van der Waals surface area contributed by atoms with Gasteiger partial charge in [0.15, 0.2) is 5.96 Å². The Morgan fingerprint density at radius 2 is 2.25 bits per heavy atom. The average Bonchev–Trinajstić information content (AvgIpc) is 3.20. The molecule has 1 fully saturated rings. The summed E-state index contributed by atoms with van der Waals surface area (Å²) in [6, 6.07) is 2.26. The van der Waals surface area contributed by atoms with E-state index < -0.39 is 0 Å². The number of hydrogen-bond acceptors (Lipinski definition) is 3. The summed E-state index contributed by atoms with van der Waals surface area (Å²) in [6.07, 6.45) is 4.03. The Bertz CT molecular complexity index is 474. The number of halogens is 2. The average molecular weight is 316 g/mol. The Morgan fingerprint density at radius 3 is 2.90 bits per heavy atom. The third-order valence-corrected chi connectivity index (χ3v) is 3.24. The van der Waals surface area contributed by atoms with E-state index in [0.29, 0.717) is 35.0 Å². The van der Waals surface area contributed by atoms with Crippen LogP contribution in [-0.4, -0.2) is 36.6 Å². The van der Waals surface area contributed by atoms with Crippen LogP contribution in [-0.2, 0) is 0 Å². The normalized spacial score (nSPS) is 15.1. The van der Waals surface area contributed by atoms with Gasteiger partial charge in [0.2, 0.25) is 0 Å². The van der Waals surface area contributed by atoms with E-state index in [1.165, 1.54) is 12.8 Å². The van der Waals surface area contributed by atoms with Crippen molar-refractivity contribution in [1.82, 2.24) is 15.6 Å². The predicted molar refractivity (Wildman–Crippen MR) is 84.9 cm³/mol. The first kappa shape index (κ1) is 15.2. The smallest absolute Gasteiger partial charge is 0.191 e. The number of aliphatic imine (C=N–C) groups is 1. The molecule has 1 saturated carbocycles. The van der Waals surface area contributed by atoms with Crippen molar-refractivity contribution in [2.24, 2.45) is 4.99 Å². The molecule has 0 amide bonds. The summed E-state index contributed by atoms with van der Waals surface area (Å²) in [6.45, 7) is 4.22. The van der Waals surface area contributed by atoms with Crippen LogP contribution in [0, 0.1) is 0 Å². The predicted octanol–water partition coefficient (Wildman–Crippen LogP) is 2.52. The quantitative estimate of drug-likeness (QED) is 0.429. The molecule has 110 valence electrons. The highest BCUT2D eigenvalue weighted by Gasteiger charge is 2.21. The number of hydrogen-bond donors (Lipinski definition) is 3. The molecule has 0 radical (unpaired) electrons. The molecule has 2 rings (SSSR count). The lowest BCUT2D eigenvalue weighted by atomic mass is 10.4. The second-order valence-corrected chi connectivity index (χ2v) is 5.43. The zero-order valence-electron chi connectivity index (χ0n) is 11.4. The van der Waals surface area contributed by atoms with Crippen LogP contribution >= 0.6 is 23.2 Å². The zero-order valence-corrected chi connectivity index (χ0v) is 12.9. The summed E-state index contributed by atoms with van der Waals surface area (Å²) >= 11 is 11.8. The highest BCUT2D eigenvalue weighted by molar-refractivity contribution is 6.35. The fraction of sp³-hybridized carbons (Fsp3) is 0.538. The summed E-state index contributed by atoms with van der Waals surface area (Å²) in [5.41, 5.74) is 0.